The molecule has 0 bridgehead atoms. The van der Waals surface area contributed by atoms with E-state index < -0.39 is 11.9 Å². The number of anilines is 1. The predicted octanol–water partition coefficient (Wildman–Crippen LogP) is 3.84. The smallest absolute Gasteiger partial charge is 0.369 e. The molecule has 2 aromatic rings. The summed E-state index contributed by atoms with van der Waals surface area (Å²) >= 11 is 0. The standard InChI is InChI=1S/C18H22F3N5/c1-13-4-2-3-10-26(13)11-9-23-16-12-15(18(19,20)21)24-17(25-16)14-5-7-22-8-6-14/h5-8,12-13H,2-4,9-11H2,1H3,(H,23,24,25). The molecule has 0 saturated carbocycles. The van der Waals surface area contributed by atoms with Crippen molar-refractivity contribution in [1.82, 2.24) is 19.9 Å². The van der Waals surface area contributed by atoms with Crippen LogP contribution >= 0.6 is 0 Å². The number of hydrogen-bond acceptors (Lipinski definition) is 5. The minimum atomic E-state index is -4.53. The molecule has 140 valence electrons. The van der Waals surface area contributed by atoms with Gasteiger partial charge in [-0.25, -0.2) is 9.97 Å². The Balaban J connectivity index is 1.75. The van der Waals surface area contributed by atoms with Gasteiger partial charge in [-0.05, 0) is 38.4 Å². The molecule has 3 heterocycles. The lowest BCUT2D eigenvalue weighted by Gasteiger charge is -2.33. The van der Waals surface area contributed by atoms with Gasteiger partial charge in [0.15, 0.2) is 11.5 Å². The number of likely N-dealkylation sites (tertiary alicyclic amines) is 1. The zero-order chi connectivity index (χ0) is 18.6. The Labute approximate surface area is 150 Å². The Morgan fingerprint density at radius 1 is 1.19 bits per heavy atom. The van der Waals surface area contributed by atoms with Crippen molar-refractivity contribution in [2.45, 2.75) is 38.4 Å². The lowest BCUT2D eigenvalue weighted by atomic mass is 10.0. The van der Waals surface area contributed by atoms with E-state index in [1.807, 2.05) is 0 Å². The molecular formula is C18H22F3N5. The van der Waals surface area contributed by atoms with Gasteiger partial charge in [0.1, 0.15) is 5.82 Å². The zero-order valence-electron chi connectivity index (χ0n) is 14.6. The van der Waals surface area contributed by atoms with E-state index in [2.05, 4.69) is 32.1 Å². The molecule has 0 amide bonds. The molecule has 2 aromatic heterocycles. The lowest BCUT2D eigenvalue weighted by Crippen LogP contribution is -2.40. The van der Waals surface area contributed by atoms with Gasteiger partial charge in [-0.3, -0.25) is 9.88 Å². The third kappa shape index (κ3) is 4.69. The van der Waals surface area contributed by atoms with Crippen molar-refractivity contribution in [3.8, 4) is 11.4 Å². The number of hydrogen-bond donors (Lipinski definition) is 1. The van der Waals surface area contributed by atoms with Crippen LogP contribution in [0.25, 0.3) is 11.4 Å². The number of aromatic nitrogens is 3. The molecule has 0 radical (unpaired) electrons. The molecule has 1 unspecified atom stereocenters. The van der Waals surface area contributed by atoms with Gasteiger partial charge in [-0.1, -0.05) is 6.42 Å². The largest absolute Gasteiger partial charge is 0.433 e. The highest BCUT2D eigenvalue weighted by atomic mass is 19.4. The second kappa shape index (κ2) is 7.99. The van der Waals surface area contributed by atoms with E-state index in [0.29, 0.717) is 18.2 Å². The predicted molar refractivity (Wildman–Crippen MR) is 93.6 cm³/mol. The minimum absolute atomic E-state index is 0.0380. The first kappa shape index (κ1) is 18.6. The molecular weight excluding hydrogens is 343 g/mol. The molecule has 26 heavy (non-hydrogen) atoms. The van der Waals surface area contributed by atoms with Gasteiger partial charge in [0.25, 0.3) is 0 Å². The van der Waals surface area contributed by atoms with Crippen LogP contribution in [0.4, 0.5) is 19.0 Å². The summed E-state index contributed by atoms with van der Waals surface area (Å²) in [6.45, 7) is 4.53. The van der Waals surface area contributed by atoms with Crippen molar-refractivity contribution in [1.29, 1.82) is 0 Å². The van der Waals surface area contributed by atoms with E-state index in [1.54, 1.807) is 12.1 Å². The van der Waals surface area contributed by atoms with Crippen molar-refractivity contribution in [3.63, 3.8) is 0 Å². The fraction of sp³-hybridized carbons (Fsp3) is 0.500. The van der Waals surface area contributed by atoms with Gasteiger partial charge in [-0.2, -0.15) is 13.2 Å². The Bertz CT molecular complexity index is 721. The van der Waals surface area contributed by atoms with Crippen molar-refractivity contribution >= 4 is 5.82 Å². The van der Waals surface area contributed by atoms with Gasteiger partial charge < -0.3 is 5.32 Å². The summed E-state index contributed by atoms with van der Waals surface area (Å²) < 4.78 is 39.6. The topological polar surface area (TPSA) is 53.9 Å². The van der Waals surface area contributed by atoms with Crippen LogP contribution in [0.3, 0.4) is 0 Å². The molecule has 0 aromatic carbocycles. The highest BCUT2D eigenvalue weighted by Crippen LogP contribution is 2.30. The van der Waals surface area contributed by atoms with Crippen molar-refractivity contribution in [2.24, 2.45) is 0 Å². The maximum absolute atomic E-state index is 13.2. The van der Waals surface area contributed by atoms with E-state index in [1.165, 1.54) is 25.2 Å². The molecule has 5 nitrogen and oxygen atoms in total. The molecule has 1 fully saturated rings. The molecule has 3 rings (SSSR count). The number of halogens is 3. The summed E-state index contributed by atoms with van der Waals surface area (Å²) in [6, 6.07) is 4.65. The second-order valence-corrected chi connectivity index (χ2v) is 6.50. The number of rotatable bonds is 5. The number of piperidine rings is 1. The van der Waals surface area contributed by atoms with Crippen molar-refractivity contribution < 1.29 is 13.2 Å². The van der Waals surface area contributed by atoms with E-state index in [-0.39, 0.29) is 11.6 Å². The first-order chi connectivity index (χ1) is 12.4. The molecule has 1 aliphatic heterocycles. The third-order valence-corrected chi connectivity index (χ3v) is 4.60. The van der Waals surface area contributed by atoms with E-state index >= 15 is 0 Å². The zero-order valence-corrected chi connectivity index (χ0v) is 14.6. The average Bonchev–Trinajstić information content (AvgIpc) is 2.63. The fourth-order valence-electron chi connectivity index (χ4n) is 3.13. The first-order valence-electron chi connectivity index (χ1n) is 8.78. The van der Waals surface area contributed by atoms with Crippen LogP contribution in [0, 0.1) is 0 Å². The van der Waals surface area contributed by atoms with Crippen LogP contribution < -0.4 is 5.32 Å². The molecule has 1 saturated heterocycles. The summed E-state index contributed by atoms with van der Waals surface area (Å²) in [4.78, 5) is 14.1. The summed E-state index contributed by atoms with van der Waals surface area (Å²) in [7, 11) is 0. The third-order valence-electron chi connectivity index (χ3n) is 4.60. The van der Waals surface area contributed by atoms with Crippen LogP contribution in [-0.4, -0.2) is 45.5 Å². The van der Waals surface area contributed by atoms with Gasteiger partial charge >= 0.3 is 6.18 Å². The van der Waals surface area contributed by atoms with Gasteiger partial charge in [-0.15, -0.1) is 0 Å². The number of nitrogens with zero attached hydrogens (tertiary/aromatic N) is 4. The summed E-state index contributed by atoms with van der Waals surface area (Å²) in [5.41, 5.74) is -0.452. The highest BCUT2D eigenvalue weighted by molar-refractivity contribution is 5.57. The van der Waals surface area contributed by atoms with Gasteiger partial charge in [0, 0.05) is 43.2 Å². The first-order valence-corrected chi connectivity index (χ1v) is 8.78. The number of pyridine rings is 1. The Hall–Kier alpha value is -2.22. The Morgan fingerprint density at radius 3 is 2.65 bits per heavy atom. The molecule has 8 heteroatoms. The van der Waals surface area contributed by atoms with Crippen molar-refractivity contribution in [2.75, 3.05) is 25.0 Å². The van der Waals surface area contributed by atoms with Crippen molar-refractivity contribution in [3.05, 3.63) is 36.3 Å². The van der Waals surface area contributed by atoms with E-state index in [9.17, 15) is 13.2 Å². The Morgan fingerprint density at radius 2 is 1.96 bits per heavy atom. The Kier molecular flexibility index (Phi) is 5.70. The monoisotopic (exact) mass is 365 g/mol. The molecule has 0 aliphatic carbocycles. The molecule has 0 spiro atoms. The van der Waals surface area contributed by atoms with E-state index in [4.69, 9.17) is 0 Å². The molecule has 1 aliphatic rings. The van der Waals surface area contributed by atoms with Crippen LogP contribution in [0.1, 0.15) is 31.9 Å². The van der Waals surface area contributed by atoms with Crippen LogP contribution in [0.2, 0.25) is 0 Å². The van der Waals surface area contributed by atoms with E-state index in [0.717, 1.165) is 25.6 Å². The quantitative estimate of drug-likeness (QED) is 0.872. The summed E-state index contributed by atoms with van der Waals surface area (Å²) in [6.07, 6.45) is 2.05. The maximum atomic E-state index is 13.2. The van der Waals surface area contributed by atoms with Gasteiger partial charge in [0.05, 0.1) is 0 Å². The number of alkyl halides is 3. The maximum Gasteiger partial charge on any atom is 0.433 e. The number of nitrogens with one attached hydrogen (secondary N) is 1. The minimum Gasteiger partial charge on any atom is -0.369 e. The highest BCUT2D eigenvalue weighted by Gasteiger charge is 2.33. The van der Waals surface area contributed by atoms with Crippen LogP contribution in [-0.2, 0) is 6.18 Å². The fourth-order valence-corrected chi connectivity index (χ4v) is 3.13. The van der Waals surface area contributed by atoms with Crippen LogP contribution in [0.15, 0.2) is 30.6 Å². The SMILES string of the molecule is CC1CCCCN1CCNc1cc(C(F)(F)F)nc(-c2ccncc2)n1. The van der Waals surface area contributed by atoms with Gasteiger partial charge in [0.2, 0.25) is 0 Å². The normalized spacial score (nSPS) is 18.7. The second-order valence-electron chi connectivity index (χ2n) is 6.50. The summed E-state index contributed by atoms with van der Waals surface area (Å²) in [5, 5.41) is 3.03. The molecule has 1 atom stereocenters. The van der Waals surface area contributed by atoms with Crippen LogP contribution in [0.5, 0.6) is 0 Å². The summed E-state index contributed by atoms with van der Waals surface area (Å²) in [5.74, 6) is 0.222. The lowest BCUT2D eigenvalue weighted by molar-refractivity contribution is -0.141. The molecule has 1 N–H and O–H groups in total. The average molecular weight is 365 g/mol.